The van der Waals surface area contributed by atoms with Crippen LogP contribution in [0.2, 0.25) is 0 Å². The second-order valence-electron chi connectivity index (χ2n) is 6.38. The Morgan fingerprint density at radius 3 is 2.60 bits per heavy atom. The summed E-state index contributed by atoms with van der Waals surface area (Å²) in [6.07, 6.45) is -1.13. The van der Waals surface area contributed by atoms with Crippen molar-refractivity contribution in [2.45, 2.75) is 12.5 Å². The molecule has 30 heavy (non-hydrogen) atoms. The first-order chi connectivity index (χ1) is 14.4. The summed E-state index contributed by atoms with van der Waals surface area (Å²) >= 11 is 1.39. The van der Waals surface area contributed by atoms with Crippen molar-refractivity contribution in [1.29, 1.82) is 0 Å². The average molecular weight is 434 g/mol. The first kappa shape index (κ1) is 21.7. The Morgan fingerprint density at radius 2 is 1.90 bits per heavy atom. The van der Waals surface area contributed by atoms with Gasteiger partial charge in [0.1, 0.15) is 5.01 Å². The fourth-order valence-corrected chi connectivity index (χ4v) is 3.58. The quantitative estimate of drug-likeness (QED) is 0.567. The number of amides is 1. The lowest BCUT2D eigenvalue weighted by Gasteiger charge is -2.12. The zero-order valence-electron chi connectivity index (χ0n) is 16.3. The molecule has 3 rings (SSSR count). The Bertz CT molecular complexity index is 1040. The minimum atomic E-state index is -1.15. The molecule has 158 valence electrons. The van der Waals surface area contributed by atoms with Gasteiger partial charge in [-0.2, -0.15) is 0 Å². The zero-order valence-corrected chi connectivity index (χ0v) is 17.1. The van der Waals surface area contributed by atoms with E-state index < -0.39 is 17.7 Å². The molecule has 1 atom stereocenters. The molecule has 2 N–H and O–H groups in total. The normalized spacial score (nSPS) is 11.8. The standard InChI is InChI=1S/C21H20F2N2O4S/c1-28-18-6-4-13(8-19(18)29-2)21-25-14(11-30-21)9-20(27)24-10-17(26)12-3-5-15(22)16(23)7-12/h3-8,11,17,26H,9-10H2,1-2H3,(H,24,27). The molecule has 0 radical (unpaired) electrons. The van der Waals surface area contributed by atoms with Crippen LogP contribution in [0.5, 0.6) is 11.5 Å². The van der Waals surface area contributed by atoms with Gasteiger partial charge in [-0.05, 0) is 35.9 Å². The van der Waals surface area contributed by atoms with E-state index in [0.717, 1.165) is 22.7 Å². The maximum absolute atomic E-state index is 13.3. The van der Waals surface area contributed by atoms with Crippen molar-refractivity contribution in [3.8, 4) is 22.1 Å². The number of ether oxygens (including phenoxy) is 2. The fraction of sp³-hybridized carbons (Fsp3) is 0.238. The van der Waals surface area contributed by atoms with Gasteiger partial charge in [0.25, 0.3) is 0 Å². The first-order valence-corrected chi connectivity index (χ1v) is 9.85. The van der Waals surface area contributed by atoms with Crippen molar-refractivity contribution >= 4 is 17.2 Å². The molecule has 2 aromatic carbocycles. The lowest BCUT2D eigenvalue weighted by molar-refractivity contribution is -0.120. The highest BCUT2D eigenvalue weighted by atomic mass is 32.1. The summed E-state index contributed by atoms with van der Waals surface area (Å²) in [4.78, 5) is 16.6. The van der Waals surface area contributed by atoms with Gasteiger partial charge in [-0.1, -0.05) is 6.07 Å². The Morgan fingerprint density at radius 1 is 1.13 bits per heavy atom. The van der Waals surface area contributed by atoms with Crippen molar-refractivity contribution in [3.05, 3.63) is 64.7 Å². The second-order valence-corrected chi connectivity index (χ2v) is 7.24. The number of hydrogen-bond acceptors (Lipinski definition) is 6. The Kier molecular flexibility index (Phi) is 6.96. The van der Waals surface area contributed by atoms with E-state index in [2.05, 4.69) is 10.3 Å². The van der Waals surface area contributed by atoms with Crippen LogP contribution < -0.4 is 14.8 Å². The number of benzene rings is 2. The molecule has 0 saturated heterocycles. The number of nitrogens with zero attached hydrogens (tertiary/aromatic N) is 1. The number of halogens is 2. The smallest absolute Gasteiger partial charge is 0.226 e. The summed E-state index contributed by atoms with van der Waals surface area (Å²) in [5, 5.41) is 15.1. The third-order valence-electron chi connectivity index (χ3n) is 4.34. The Labute approximate surface area is 176 Å². The van der Waals surface area contributed by atoms with E-state index >= 15 is 0 Å². The molecule has 1 aromatic heterocycles. The number of aliphatic hydroxyl groups excluding tert-OH is 1. The van der Waals surface area contributed by atoms with Crippen molar-refractivity contribution in [1.82, 2.24) is 10.3 Å². The number of rotatable bonds is 8. The third kappa shape index (κ3) is 5.11. The molecule has 1 amide bonds. The van der Waals surface area contributed by atoms with E-state index in [4.69, 9.17) is 9.47 Å². The van der Waals surface area contributed by atoms with Crippen LogP contribution in [0.3, 0.4) is 0 Å². The second kappa shape index (κ2) is 9.64. The van der Waals surface area contributed by atoms with Gasteiger partial charge in [-0.25, -0.2) is 13.8 Å². The van der Waals surface area contributed by atoms with E-state index in [0.29, 0.717) is 17.2 Å². The van der Waals surface area contributed by atoms with Gasteiger partial charge in [-0.3, -0.25) is 4.79 Å². The predicted octanol–water partition coefficient (Wildman–Crippen LogP) is 3.50. The number of aliphatic hydroxyl groups is 1. The van der Waals surface area contributed by atoms with Crippen molar-refractivity contribution in [3.63, 3.8) is 0 Å². The molecule has 0 aliphatic rings. The zero-order chi connectivity index (χ0) is 21.7. The number of aromatic nitrogens is 1. The maximum atomic E-state index is 13.3. The summed E-state index contributed by atoms with van der Waals surface area (Å²) in [5.74, 6) is -1.21. The van der Waals surface area contributed by atoms with Crippen LogP contribution in [0.25, 0.3) is 10.6 Å². The van der Waals surface area contributed by atoms with E-state index in [-0.39, 0.29) is 24.4 Å². The maximum Gasteiger partial charge on any atom is 0.226 e. The van der Waals surface area contributed by atoms with Gasteiger partial charge >= 0.3 is 0 Å². The summed E-state index contributed by atoms with van der Waals surface area (Å²) < 4.78 is 36.8. The van der Waals surface area contributed by atoms with Crippen molar-refractivity contribution < 1.29 is 28.2 Å². The van der Waals surface area contributed by atoms with E-state index in [9.17, 15) is 18.7 Å². The van der Waals surface area contributed by atoms with Crippen LogP contribution in [-0.2, 0) is 11.2 Å². The Balaban J connectivity index is 1.59. The molecule has 0 bridgehead atoms. The van der Waals surface area contributed by atoms with E-state index in [1.807, 2.05) is 6.07 Å². The molecule has 0 spiro atoms. The number of carbonyl (C=O) groups excluding carboxylic acids is 1. The summed E-state index contributed by atoms with van der Waals surface area (Å²) in [5.41, 5.74) is 1.58. The lowest BCUT2D eigenvalue weighted by atomic mass is 10.1. The van der Waals surface area contributed by atoms with Gasteiger partial charge in [0.15, 0.2) is 23.1 Å². The van der Waals surface area contributed by atoms with Crippen LogP contribution in [0.15, 0.2) is 41.8 Å². The van der Waals surface area contributed by atoms with Gasteiger partial charge in [0, 0.05) is 17.5 Å². The van der Waals surface area contributed by atoms with Crippen LogP contribution in [0.1, 0.15) is 17.4 Å². The van der Waals surface area contributed by atoms with Crippen molar-refractivity contribution in [2.75, 3.05) is 20.8 Å². The molecule has 3 aromatic rings. The van der Waals surface area contributed by atoms with E-state index in [1.165, 1.54) is 17.4 Å². The first-order valence-electron chi connectivity index (χ1n) is 8.97. The number of carbonyl (C=O) groups is 1. The number of thiazole rings is 1. The molecule has 0 aliphatic heterocycles. The highest BCUT2D eigenvalue weighted by molar-refractivity contribution is 7.13. The van der Waals surface area contributed by atoms with Crippen LogP contribution in [-0.4, -0.2) is 36.8 Å². The van der Waals surface area contributed by atoms with E-state index in [1.54, 1.807) is 31.7 Å². The highest BCUT2D eigenvalue weighted by Gasteiger charge is 2.14. The number of methoxy groups -OCH3 is 2. The molecule has 0 saturated carbocycles. The van der Waals surface area contributed by atoms with Crippen LogP contribution in [0.4, 0.5) is 8.78 Å². The highest BCUT2D eigenvalue weighted by Crippen LogP contribution is 2.33. The molecule has 0 fully saturated rings. The summed E-state index contributed by atoms with van der Waals surface area (Å²) in [7, 11) is 3.11. The molecule has 6 nitrogen and oxygen atoms in total. The molecule has 0 aliphatic carbocycles. The molecular formula is C21H20F2N2O4S. The lowest BCUT2D eigenvalue weighted by Crippen LogP contribution is -2.29. The molecule has 1 unspecified atom stereocenters. The topological polar surface area (TPSA) is 80.7 Å². The fourth-order valence-electron chi connectivity index (χ4n) is 2.77. The molecule has 1 heterocycles. The SMILES string of the molecule is COc1ccc(-c2nc(CC(=O)NCC(O)c3ccc(F)c(F)c3)cs2)cc1OC. The minimum absolute atomic E-state index is 0.0221. The number of nitrogens with one attached hydrogen (secondary N) is 1. The van der Waals surface area contributed by atoms with Crippen LogP contribution >= 0.6 is 11.3 Å². The van der Waals surface area contributed by atoms with Crippen molar-refractivity contribution in [2.24, 2.45) is 0 Å². The summed E-state index contributed by atoms with van der Waals surface area (Å²) in [6, 6.07) is 8.54. The monoisotopic (exact) mass is 434 g/mol. The Hall–Kier alpha value is -3.04. The molecular weight excluding hydrogens is 414 g/mol. The van der Waals surface area contributed by atoms with Gasteiger partial charge in [0.05, 0.1) is 32.4 Å². The number of hydrogen-bond donors (Lipinski definition) is 2. The molecule has 9 heteroatoms. The largest absolute Gasteiger partial charge is 0.493 e. The third-order valence-corrected chi connectivity index (χ3v) is 5.29. The van der Waals surface area contributed by atoms with Gasteiger partial charge in [-0.15, -0.1) is 11.3 Å². The predicted molar refractivity (Wildman–Crippen MR) is 109 cm³/mol. The minimum Gasteiger partial charge on any atom is -0.493 e. The van der Waals surface area contributed by atoms with Gasteiger partial charge < -0.3 is 19.9 Å². The summed E-state index contributed by atoms with van der Waals surface area (Å²) in [6.45, 7) is -0.128. The average Bonchev–Trinajstić information content (AvgIpc) is 3.21. The van der Waals surface area contributed by atoms with Gasteiger partial charge in [0.2, 0.25) is 5.91 Å². The van der Waals surface area contributed by atoms with Crippen LogP contribution in [0, 0.1) is 11.6 Å².